The Balaban J connectivity index is 1.52. The fourth-order valence-electron chi connectivity index (χ4n) is 3.59. The Bertz CT molecular complexity index is 760. The Labute approximate surface area is 162 Å². The molecule has 1 saturated heterocycles. The van der Waals surface area contributed by atoms with Crippen LogP contribution in [0.4, 0.5) is 0 Å². The van der Waals surface area contributed by atoms with Crippen molar-refractivity contribution >= 4 is 5.91 Å². The molecule has 1 aliphatic heterocycles. The van der Waals surface area contributed by atoms with Crippen LogP contribution in [0.5, 0.6) is 5.75 Å². The SMILES string of the molecule is Cc1cccc(OCC(=O)NCc2ccccc2CN2CCCCC2C)c1. The average Bonchev–Trinajstić information content (AvgIpc) is 2.67. The summed E-state index contributed by atoms with van der Waals surface area (Å²) in [7, 11) is 0. The topological polar surface area (TPSA) is 41.6 Å². The summed E-state index contributed by atoms with van der Waals surface area (Å²) in [5.41, 5.74) is 3.60. The summed E-state index contributed by atoms with van der Waals surface area (Å²) in [5, 5.41) is 2.99. The van der Waals surface area contributed by atoms with Crippen LogP contribution in [0.3, 0.4) is 0 Å². The van der Waals surface area contributed by atoms with E-state index in [1.165, 1.54) is 30.4 Å². The smallest absolute Gasteiger partial charge is 0.258 e. The van der Waals surface area contributed by atoms with Gasteiger partial charge in [-0.1, -0.05) is 42.8 Å². The molecule has 27 heavy (non-hydrogen) atoms. The van der Waals surface area contributed by atoms with Crippen molar-refractivity contribution in [2.24, 2.45) is 0 Å². The summed E-state index contributed by atoms with van der Waals surface area (Å²) in [5.74, 6) is 0.627. The number of likely N-dealkylation sites (tertiary alicyclic amines) is 1. The van der Waals surface area contributed by atoms with Gasteiger partial charge >= 0.3 is 0 Å². The molecular weight excluding hydrogens is 336 g/mol. The van der Waals surface area contributed by atoms with Gasteiger partial charge in [0, 0.05) is 19.1 Å². The number of piperidine rings is 1. The Morgan fingerprint density at radius 2 is 1.96 bits per heavy atom. The Morgan fingerprint density at radius 1 is 1.15 bits per heavy atom. The van der Waals surface area contributed by atoms with E-state index in [0.717, 1.165) is 24.4 Å². The summed E-state index contributed by atoms with van der Waals surface area (Å²) in [6.07, 6.45) is 3.88. The van der Waals surface area contributed by atoms with Crippen molar-refractivity contribution in [2.45, 2.75) is 52.2 Å². The highest BCUT2D eigenvalue weighted by atomic mass is 16.5. The van der Waals surface area contributed by atoms with Crippen molar-refractivity contribution in [3.8, 4) is 5.75 Å². The van der Waals surface area contributed by atoms with Crippen LogP contribution in [0.15, 0.2) is 48.5 Å². The molecule has 0 saturated carbocycles. The average molecular weight is 367 g/mol. The number of nitrogens with zero attached hydrogens (tertiary/aromatic N) is 1. The first-order chi connectivity index (χ1) is 13.1. The molecule has 0 aromatic heterocycles. The van der Waals surface area contributed by atoms with Gasteiger partial charge in [0.05, 0.1) is 0 Å². The molecule has 144 valence electrons. The molecule has 1 fully saturated rings. The summed E-state index contributed by atoms with van der Waals surface area (Å²) in [6.45, 7) is 7.00. The summed E-state index contributed by atoms with van der Waals surface area (Å²) in [4.78, 5) is 14.7. The monoisotopic (exact) mass is 366 g/mol. The molecule has 1 amide bonds. The molecule has 4 nitrogen and oxygen atoms in total. The second kappa shape index (κ2) is 9.56. The maximum atomic E-state index is 12.2. The number of hydrogen-bond acceptors (Lipinski definition) is 3. The standard InChI is InChI=1S/C23H30N2O2/c1-18-8-7-12-22(14-18)27-17-23(26)24-15-20-10-3-4-11-21(20)16-25-13-6-5-9-19(25)2/h3-4,7-8,10-12,14,19H,5-6,9,13,15-17H2,1-2H3,(H,24,26). The minimum absolute atomic E-state index is 0.0365. The molecule has 4 heteroatoms. The number of ether oxygens (including phenoxy) is 1. The van der Waals surface area contributed by atoms with Crippen molar-refractivity contribution in [3.63, 3.8) is 0 Å². The highest BCUT2D eigenvalue weighted by Gasteiger charge is 2.19. The highest BCUT2D eigenvalue weighted by molar-refractivity contribution is 5.77. The maximum absolute atomic E-state index is 12.2. The molecular formula is C23H30N2O2. The third kappa shape index (κ3) is 5.83. The minimum Gasteiger partial charge on any atom is -0.484 e. The van der Waals surface area contributed by atoms with Crippen molar-refractivity contribution < 1.29 is 9.53 Å². The van der Waals surface area contributed by atoms with Crippen LogP contribution in [0, 0.1) is 6.92 Å². The van der Waals surface area contributed by atoms with Gasteiger partial charge in [0.2, 0.25) is 0 Å². The number of carbonyl (C=O) groups is 1. The lowest BCUT2D eigenvalue weighted by atomic mass is 10.0. The van der Waals surface area contributed by atoms with E-state index < -0.39 is 0 Å². The highest BCUT2D eigenvalue weighted by Crippen LogP contribution is 2.20. The number of hydrogen-bond donors (Lipinski definition) is 1. The zero-order chi connectivity index (χ0) is 19.1. The molecule has 2 aromatic carbocycles. The molecule has 0 aliphatic carbocycles. The quantitative estimate of drug-likeness (QED) is 0.803. The number of benzene rings is 2. The molecule has 1 heterocycles. The van der Waals surface area contributed by atoms with Crippen molar-refractivity contribution in [1.29, 1.82) is 0 Å². The van der Waals surface area contributed by atoms with E-state index in [9.17, 15) is 4.79 Å². The normalized spacial score (nSPS) is 17.5. The lowest BCUT2D eigenvalue weighted by molar-refractivity contribution is -0.123. The molecule has 1 aliphatic rings. The third-order valence-corrected chi connectivity index (χ3v) is 5.27. The van der Waals surface area contributed by atoms with Crippen LogP contribution in [0.25, 0.3) is 0 Å². The maximum Gasteiger partial charge on any atom is 0.258 e. The fraction of sp³-hybridized carbons (Fsp3) is 0.435. The predicted octanol–water partition coefficient (Wildman–Crippen LogP) is 4.06. The van der Waals surface area contributed by atoms with E-state index in [-0.39, 0.29) is 12.5 Å². The van der Waals surface area contributed by atoms with E-state index >= 15 is 0 Å². The number of carbonyl (C=O) groups excluding carboxylic acids is 1. The molecule has 1 N–H and O–H groups in total. The van der Waals surface area contributed by atoms with Crippen molar-refractivity contribution in [1.82, 2.24) is 10.2 Å². The molecule has 2 aromatic rings. The number of amides is 1. The van der Waals surface area contributed by atoms with Crippen molar-refractivity contribution in [2.75, 3.05) is 13.2 Å². The minimum atomic E-state index is -0.0994. The summed E-state index contributed by atoms with van der Waals surface area (Å²) < 4.78 is 5.58. The van der Waals surface area contributed by atoms with Gasteiger partial charge in [-0.2, -0.15) is 0 Å². The number of nitrogens with one attached hydrogen (secondary N) is 1. The van der Waals surface area contributed by atoms with Gasteiger partial charge in [-0.25, -0.2) is 0 Å². The van der Waals surface area contributed by atoms with Crippen molar-refractivity contribution in [3.05, 3.63) is 65.2 Å². The Hall–Kier alpha value is -2.33. The van der Waals surface area contributed by atoms with Crippen LogP contribution >= 0.6 is 0 Å². The van der Waals surface area contributed by atoms with Crippen LogP contribution in [0.1, 0.15) is 42.9 Å². The van der Waals surface area contributed by atoms with Gasteiger partial charge < -0.3 is 10.1 Å². The van der Waals surface area contributed by atoms with E-state index in [0.29, 0.717) is 12.6 Å². The number of rotatable bonds is 7. The zero-order valence-electron chi connectivity index (χ0n) is 16.4. The second-order valence-electron chi connectivity index (χ2n) is 7.47. The van der Waals surface area contributed by atoms with Crippen LogP contribution in [0.2, 0.25) is 0 Å². The molecule has 0 bridgehead atoms. The molecule has 0 spiro atoms. The second-order valence-corrected chi connectivity index (χ2v) is 7.47. The first-order valence-corrected chi connectivity index (χ1v) is 9.89. The van der Waals surface area contributed by atoms with E-state index in [1.807, 2.05) is 37.3 Å². The Morgan fingerprint density at radius 3 is 2.74 bits per heavy atom. The molecule has 3 rings (SSSR count). The summed E-state index contributed by atoms with van der Waals surface area (Å²) >= 11 is 0. The van der Waals surface area contributed by atoms with Gasteiger partial charge in [0.15, 0.2) is 6.61 Å². The predicted molar refractivity (Wildman–Crippen MR) is 109 cm³/mol. The van der Waals surface area contributed by atoms with E-state index in [4.69, 9.17) is 4.74 Å². The van der Waals surface area contributed by atoms with Gasteiger partial charge in [-0.15, -0.1) is 0 Å². The Kier molecular flexibility index (Phi) is 6.88. The first kappa shape index (κ1) is 19.4. The molecule has 1 atom stereocenters. The number of aryl methyl sites for hydroxylation is 1. The van der Waals surface area contributed by atoms with Gasteiger partial charge in [0.1, 0.15) is 5.75 Å². The lowest BCUT2D eigenvalue weighted by Crippen LogP contribution is -2.37. The van der Waals surface area contributed by atoms with Crippen LogP contribution < -0.4 is 10.1 Å². The van der Waals surface area contributed by atoms with Gasteiger partial charge in [0.25, 0.3) is 5.91 Å². The van der Waals surface area contributed by atoms with Crippen LogP contribution in [-0.4, -0.2) is 30.0 Å². The third-order valence-electron chi connectivity index (χ3n) is 5.27. The van der Waals surface area contributed by atoms with Crippen LogP contribution in [-0.2, 0) is 17.9 Å². The van der Waals surface area contributed by atoms with Gasteiger partial charge in [-0.05, 0) is 62.1 Å². The van der Waals surface area contributed by atoms with Gasteiger partial charge in [-0.3, -0.25) is 9.69 Å². The van der Waals surface area contributed by atoms with E-state index in [2.05, 4.69) is 35.3 Å². The summed E-state index contributed by atoms with van der Waals surface area (Å²) in [6, 6.07) is 16.8. The molecule has 0 radical (unpaired) electrons. The largest absolute Gasteiger partial charge is 0.484 e. The first-order valence-electron chi connectivity index (χ1n) is 9.89. The fourth-order valence-corrected chi connectivity index (χ4v) is 3.59. The lowest BCUT2D eigenvalue weighted by Gasteiger charge is -2.33. The zero-order valence-corrected chi connectivity index (χ0v) is 16.4. The molecule has 1 unspecified atom stereocenters. The van der Waals surface area contributed by atoms with E-state index in [1.54, 1.807) is 0 Å².